The van der Waals surface area contributed by atoms with Crippen molar-refractivity contribution in [2.24, 2.45) is 5.41 Å². The smallest absolute Gasteiger partial charge is 0.422 e. The molecular weight excluding hydrogens is 375 g/mol. The van der Waals surface area contributed by atoms with E-state index in [1.54, 1.807) is 30.9 Å². The first kappa shape index (κ1) is 20.9. The second-order valence-corrected chi connectivity index (χ2v) is 8.48. The molecule has 8 heteroatoms. The van der Waals surface area contributed by atoms with E-state index in [0.29, 0.717) is 44.3 Å². The van der Waals surface area contributed by atoms with Gasteiger partial charge in [0, 0.05) is 12.2 Å². The number of carbonyl (C=O) groups excluding carboxylic acids is 1. The SMILES string of the molecule is CC(C)(O)[C@]1(O)CC[C@]2(CCN(c3ccc(OCC(F)(F)F)cc3)C2=O)CC1. The zero-order chi connectivity index (χ0) is 20.8. The minimum absolute atomic E-state index is 0.0331. The zero-order valence-electron chi connectivity index (χ0n) is 16.1. The van der Waals surface area contributed by atoms with Crippen molar-refractivity contribution in [2.75, 3.05) is 18.1 Å². The van der Waals surface area contributed by atoms with Crippen LogP contribution in [0.3, 0.4) is 0 Å². The van der Waals surface area contributed by atoms with Crippen molar-refractivity contribution >= 4 is 11.6 Å². The van der Waals surface area contributed by atoms with Crippen LogP contribution >= 0.6 is 0 Å². The lowest BCUT2D eigenvalue weighted by Gasteiger charge is -2.46. The molecule has 5 nitrogen and oxygen atoms in total. The Balaban J connectivity index is 1.66. The first-order valence-corrected chi connectivity index (χ1v) is 9.42. The quantitative estimate of drug-likeness (QED) is 0.811. The first-order chi connectivity index (χ1) is 12.9. The number of anilines is 1. The van der Waals surface area contributed by atoms with Crippen molar-refractivity contribution < 1.29 is 32.9 Å². The molecule has 1 aliphatic carbocycles. The molecule has 1 aromatic carbocycles. The maximum absolute atomic E-state index is 13.1. The Morgan fingerprint density at radius 3 is 2.14 bits per heavy atom. The number of hydrogen-bond acceptors (Lipinski definition) is 4. The highest BCUT2D eigenvalue weighted by molar-refractivity contribution is 6.00. The molecule has 0 atom stereocenters. The molecule has 156 valence electrons. The lowest BCUT2D eigenvalue weighted by Crippen LogP contribution is -2.54. The van der Waals surface area contributed by atoms with Gasteiger partial charge in [-0.2, -0.15) is 13.2 Å². The van der Waals surface area contributed by atoms with Crippen LogP contribution in [0.15, 0.2) is 24.3 Å². The molecule has 2 aliphatic rings. The van der Waals surface area contributed by atoms with E-state index in [-0.39, 0.29) is 11.7 Å². The maximum Gasteiger partial charge on any atom is 0.422 e. The molecule has 1 aromatic rings. The van der Waals surface area contributed by atoms with Gasteiger partial charge in [0.25, 0.3) is 0 Å². The molecule has 1 aliphatic heterocycles. The van der Waals surface area contributed by atoms with Crippen LogP contribution in [0.25, 0.3) is 0 Å². The van der Waals surface area contributed by atoms with Crippen LogP contribution in [0.5, 0.6) is 5.75 Å². The highest BCUT2D eigenvalue weighted by Crippen LogP contribution is 2.50. The summed E-state index contributed by atoms with van der Waals surface area (Å²) < 4.78 is 41.4. The van der Waals surface area contributed by atoms with E-state index in [4.69, 9.17) is 4.74 Å². The van der Waals surface area contributed by atoms with Crippen molar-refractivity contribution in [3.8, 4) is 5.75 Å². The fourth-order valence-electron chi connectivity index (χ4n) is 4.17. The van der Waals surface area contributed by atoms with E-state index in [1.807, 2.05) is 0 Å². The summed E-state index contributed by atoms with van der Waals surface area (Å²) in [7, 11) is 0. The van der Waals surface area contributed by atoms with E-state index in [2.05, 4.69) is 0 Å². The second kappa shape index (κ2) is 6.91. The van der Waals surface area contributed by atoms with Crippen LogP contribution in [0.2, 0.25) is 0 Å². The second-order valence-electron chi connectivity index (χ2n) is 8.48. The van der Waals surface area contributed by atoms with Gasteiger partial charge in [0.1, 0.15) is 5.75 Å². The average molecular weight is 401 g/mol. The van der Waals surface area contributed by atoms with Crippen molar-refractivity contribution in [3.63, 3.8) is 0 Å². The Morgan fingerprint density at radius 2 is 1.64 bits per heavy atom. The molecule has 1 saturated carbocycles. The van der Waals surface area contributed by atoms with Gasteiger partial charge in [-0.25, -0.2) is 0 Å². The molecule has 0 radical (unpaired) electrons. The summed E-state index contributed by atoms with van der Waals surface area (Å²) in [6.45, 7) is 2.32. The van der Waals surface area contributed by atoms with E-state index in [0.717, 1.165) is 0 Å². The predicted octanol–water partition coefficient (Wildman–Crippen LogP) is 3.43. The molecule has 0 bridgehead atoms. The fourth-order valence-corrected chi connectivity index (χ4v) is 4.17. The molecular formula is C20H26F3NO4. The van der Waals surface area contributed by atoms with Gasteiger partial charge in [0.15, 0.2) is 6.61 Å². The number of carbonyl (C=O) groups is 1. The van der Waals surface area contributed by atoms with Crippen LogP contribution < -0.4 is 9.64 Å². The Morgan fingerprint density at radius 1 is 1.07 bits per heavy atom. The fraction of sp³-hybridized carbons (Fsp3) is 0.650. The van der Waals surface area contributed by atoms with Gasteiger partial charge in [-0.05, 0) is 70.2 Å². The number of nitrogens with zero attached hydrogens (tertiary/aromatic N) is 1. The summed E-state index contributed by atoms with van der Waals surface area (Å²) in [5, 5.41) is 20.9. The highest BCUT2D eigenvalue weighted by atomic mass is 19.4. The Hall–Kier alpha value is -1.80. The van der Waals surface area contributed by atoms with Gasteiger partial charge in [-0.1, -0.05) is 0 Å². The summed E-state index contributed by atoms with van der Waals surface area (Å²) in [6.07, 6.45) is -2.06. The first-order valence-electron chi connectivity index (χ1n) is 9.42. The minimum atomic E-state index is -4.40. The standard InChI is InChI=1S/C20H26F3NO4/c1-17(2,26)19(27)9-7-18(8-10-19)11-12-24(16(18)25)14-3-5-15(6-4-14)28-13-20(21,22)23/h3-6,26-27H,7-13H2,1-2H3/t18-,19+. The van der Waals surface area contributed by atoms with E-state index in [1.165, 1.54) is 12.1 Å². The normalized spacial score (nSPS) is 28.8. The zero-order valence-corrected chi connectivity index (χ0v) is 16.1. The van der Waals surface area contributed by atoms with Crippen LogP contribution in [0.1, 0.15) is 46.0 Å². The van der Waals surface area contributed by atoms with Gasteiger partial charge in [0.2, 0.25) is 5.91 Å². The van der Waals surface area contributed by atoms with Gasteiger partial charge in [0.05, 0.1) is 16.6 Å². The molecule has 1 spiro atoms. The van der Waals surface area contributed by atoms with E-state index >= 15 is 0 Å². The summed E-state index contributed by atoms with van der Waals surface area (Å²) in [5.41, 5.74) is -2.38. The average Bonchev–Trinajstić information content (AvgIpc) is 2.92. The molecule has 2 N–H and O–H groups in total. The van der Waals surface area contributed by atoms with Crippen molar-refractivity contribution in [1.82, 2.24) is 0 Å². The number of ether oxygens (including phenoxy) is 1. The van der Waals surface area contributed by atoms with Gasteiger partial charge < -0.3 is 19.8 Å². The highest BCUT2D eigenvalue weighted by Gasteiger charge is 2.54. The number of benzene rings is 1. The Bertz CT molecular complexity index is 716. The summed E-state index contributed by atoms with van der Waals surface area (Å²) >= 11 is 0. The monoisotopic (exact) mass is 401 g/mol. The van der Waals surface area contributed by atoms with Gasteiger partial charge >= 0.3 is 6.18 Å². The largest absolute Gasteiger partial charge is 0.484 e. The van der Waals surface area contributed by atoms with Crippen LogP contribution in [0.4, 0.5) is 18.9 Å². The molecule has 1 saturated heterocycles. The van der Waals surface area contributed by atoms with E-state index < -0.39 is 29.4 Å². The maximum atomic E-state index is 13.1. The van der Waals surface area contributed by atoms with Crippen LogP contribution in [-0.2, 0) is 4.79 Å². The number of hydrogen-bond donors (Lipinski definition) is 2. The summed E-state index contributed by atoms with van der Waals surface area (Å²) in [5.74, 6) is 0.0598. The third-order valence-corrected chi connectivity index (χ3v) is 6.24. The lowest BCUT2D eigenvalue weighted by molar-refractivity contribution is -0.165. The lowest BCUT2D eigenvalue weighted by atomic mass is 9.64. The Labute approximate surface area is 162 Å². The summed E-state index contributed by atoms with van der Waals surface area (Å²) in [6, 6.07) is 6.01. The number of halogens is 3. The van der Waals surface area contributed by atoms with Crippen molar-refractivity contribution in [1.29, 1.82) is 0 Å². The van der Waals surface area contributed by atoms with Crippen molar-refractivity contribution in [2.45, 2.75) is 63.3 Å². The molecule has 0 unspecified atom stereocenters. The number of alkyl halides is 3. The molecule has 1 amide bonds. The topological polar surface area (TPSA) is 70.0 Å². The van der Waals surface area contributed by atoms with Gasteiger partial charge in [-0.15, -0.1) is 0 Å². The van der Waals surface area contributed by atoms with Gasteiger partial charge in [-0.3, -0.25) is 4.79 Å². The Kier molecular flexibility index (Phi) is 5.17. The number of aliphatic hydroxyl groups is 2. The third kappa shape index (κ3) is 3.98. The molecule has 1 heterocycles. The third-order valence-electron chi connectivity index (χ3n) is 6.24. The molecule has 2 fully saturated rings. The number of rotatable bonds is 4. The molecule has 28 heavy (non-hydrogen) atoms. The van der Waals surface area contributed by atoms with Crippen LogP contribution in [-0.4, -0.2) is 46.7 Å². The van der Waals surface area contributed by atoms with E-state index in [9.17, 15) is 28.2 Å². The summed E-state index contributed by atoms with van der Waals surface area (Å²) in [4.78, 5) is 14.7. The predicted molar refractivity (Wildman–Crippen MR) is 97.1 cm³/mol. The molecule has 3 rings (SSSR count). The molecule has 0 aromatic heterocycles. The number of amides is 1. The minimum Gasteiger partial charge on any atom is -0.484 e. The van der Waals surface area contributed by atoms with Crippen LogP contribution in [0, 0.1) is 5.41 Å². The van der Waals surface area contributed by atoms with Crippen molar-refractivity contribution in [3.05, 3.63) is 24.3 Å².